The highest BCUT2D eigenvalue weighted by Crippen LogP contribution is 2.46. The summed E-state index contributed by atoms with van der Waals surface area (Å²) in [5, 5.41) is 0.669. The summed E-state index contributed by atoms with van der Waals surface area (Å²) in [5.41, 5.74) is 0.818. The maximum absolute atomic E-state index is 12.8. The molecular formula is C18H22ClNO3. The zero-order valence-corrected chi connectivity index (χ0v) is 14.6. The molecule has 23 heavy (non-hydrogen) atoms. The van der Waals surface area contributed by atoms with Gasteiger partial charge in [0.05, 0.1) is 0 Å². The number of halogens is 1. The van der Waals surface area contributed by atoms with Gasteiger partial charge in [0.1, 0.15) is 5.60 Å². The van der Waals surface area contributed by atoms with Crippen LogP contribution in [0.4, 0.5) is 4.79 Å². The first-order valence-corrected chi connectivity index (χ1v) is 8.40. The summed E-state index contributed by atoms with van der Waals surface area (Å²) in [6, 6.07) is 5.52. The van der Waals surface area contributed by atoms with Crippen molar-refractivity contribution in [3.05, 3.63) is 34.3 Å². The Morgan fingerprint density at radius 1 is 1.26 bits per heavy atom. The van der Waals surface area contributed by atoms with E-state index in [1.807, 2.05) is 39.0 Å². The molecule has 0 saturated carbocycles. The zero-order valence-electron chi connectivity index (χ0n) is 13.8. The molecule has 0 bridgehead atoms. The fourth-order valence-electron chi connectivity index (χ4n) is 3.50. The molecule has 5 heteroatoms. The van der Waals surface area contributed by atoms with E-state index in [0.29, 0.717) is 37.4 Å². The molecule has 0 N–H and O–H groups in total. The van der Waals surface area contributed by atoms with Crippen molar-refractivity contribution < 1.29 is 14.3 Å². The highest BCUT2D eigenvalue weighted by atomic mass is 35.5. The van der Waals surface area contributed by atoms with Crippen LogP contribution >= 0.6 is 11.6 Å². The minimum atomic E-state index is -0.501. The van der Waals surface area contributed by atoms with Crippen molar-refractivity contribution >= 4 is 23.5 Å². The van der Waals surface area contributed by atoms with Crippen LogP contribution in [0.1, 0.15) is 49.5 Å². The predicted molar refractivity (Wildman–Crippen MR) is 89.0 cm³/mol. The first-order chi connectivity index (χ1) is 10.7. The number of amides is 1. The first-order valence-electron chi connectivity index (χ1n) is 8.02. The van der Waals surface area contributed by atoms with Crippen molar-refractivity contribution in [2.75, 3.05) is 13.1 Å². The van der Waals surface area contributed by atoms with E-state index in [1.165, 1.54) is 0 Å². The lowest BCUT2D eigenvalue weighted by Gasteiger charge is -2.38. The van der Waals surface area contributed by atoms with Gasteiger partial charge < -0.3 is 9.64 Å². The fraction of sp³-hybridized carbons (Fsp3) is 0.556. The summed E-state index contributed by atoms with van der Waals surface area (Å²) < 4.78 is 5.42. The van der Waals surface area contributed by atoms with Crippen LogP contribution in [0.25, 0.3) is 0 Å². The van der Waals surface area contributed by atoms with Crippen LogP contribution in [-0.2, 0) is 11.2 Å². The molecule has 0 atom stereocenters. The van der Waals surface area contributed by atoms with Gasteiger partial charge in [0.25, 0.3) is 0 Å². The number of rotatable bonds is 0. The van der Waals surface area contributed by atoms with Crippen molar-refractivity contribution in [1.29, 1.82) is 0 Å². The maximum Gasteiger partial charge on any atom is 0.410 e. The van der Waals surface area contributed by atoms with E-state index in [0.717, 1.165) is 11.1 Å². The second kappa shape index (κ2) is 5.52. The van der Waals surface area contributed by atoms with Gasteiger partial charge >= 0.3 is 6.09 Å². The molecule has 124 valence electrons. The number of hydrogen-bond acceptors (Lipinski definition) is 3. The molecule has 1 aromatic carbocycles. The molecule has 1 aliphatic heterocycles. The van der Waals surface area contributed by atoms with Crippen LogP contribution in [0, 0.1) is 5.41 Å². The number of hydrogen-bond donors (Lipinski definition) is 0. The molecule has 2 aliphatic rings. The molecule has 1 fully saturated rings. The van der Waals surface area contributed by atoms with Gasteiger partial charge in [-0.25, -0.2) is 4.79 Å². The second-order valence-corrected chi connectivity index (χ2v) is 7.93. The Morgan fingerprint density at radius 3 is 2.48 bits per heavy atom. The maximum atomic E-state index is 12.8. The molecule has 1 spiro atoms. The number of carbonyl (C=O) groups excluding carboxylic acids is 2. The summed E-state index contributed by atoms with van der Waals surface area (Å²) in [5.74, 6) is 0.179. The van der Waals surface area contributed by atoms with Crippen LogP contribution in [0.3, 0.4) is 0 Å². The Kier molecular flexibility index (Phi) is 3.91. The van der Waals surface area contributed by atoms with Crippen molar-refractivity contribution in [3.8, 4) is 0 Å². The predicted octanol–water partition coefficient (Wildman–Crippen LogP) is 4.10. The van der Waals surface area contributed by atoms with E-state index in [2.05, 4.69) is 0 Å². The fourth-order valence-corrected chi connectivity index (χ4v) is 3.74. The third-order valence-corrected chi connectivity index (χ3v) is 5.09. The molecule has 0 unspecified atom stereocenters. The summed E-state index contributed by atoms with van der Waals surface area (Å²) >= 11 is 6.25. The number of likely N-dealkylation sites (tertiary alicyclic amines) is 1. The van der Waals surface area contributed by atoms with Gasteiger partial charge in [-0.3, -0.25) is 4.79 Å². The average molecular weight is 336 g/mol. The number of piperidine rings is 1. The summed E-state index contributed by atoms with van der Waals surface area (Å²) in [7, 11) is 0. The topological polar surface area (TPSA) is 46.6 Å². The normalized spacial score (nSPS) is 19.8. The van der Waals surface area contributed by atoms with Gasteiger partial charge in [-0.2, -0.15) is 0 Å². The monoisotopic (exact) mass is 335 g/mol. The number of nitrogens with zero attached hydrogens (tertiary/aromatic N) is 1. The molecule has 0 aromatic heterocycles. The van der Waals surface area contributed by atoms with Crippen LogP contribution < -0.4 is 0 Å². The van der Waals surface area contributed by atoms with Crippen molar-refractivity contribution in [1.82, 2.24) is 4.90 Å². The summed E-state index contributed by atoms with van der Waals surface area (Å²) in [4.78, 5) is 26.7. The van der Waals surface area contributed by atoms with Crippen molar-refractivity contribution in [3.63, 3.8) is 0 Å². The Bertz CT molecular complexity index is 655. The molecular weight excluding hydrogens is 314 g/mol. The number of carbonyl (C=O) groups is 2. The van der Waals surface area contributed by atoms with E-state index in [-0.39, 0.29) is 11.9 Å². The molecule has 1 aromatic rings. The van der Waals surface area contributed by atoms with Crippen molar-refractivity contribution in [2.45, 2.75) is 45.6 Å². The third kappa shape index (κ3) is 2.97. The Labute approximate surface area is 141 Å². The second-order valence-electron chi connectivity index (χ2n) is 7.52. The van der Waals surface area contributed by atoms with Gasteiger partial charge in [0.15, 0.2) is 5.78 Å². The smallest absolute Gasteiger partial charge is 0.410 e. The van der Waals surface area contributed by atoms with Crippen LogP contribution in [0.5, 0.6) is 0 Å². The van der Waals surface area contributed by atoms with Gasteiger partial charge in [0, 0.05) is 29.1 Å². The Balaban J connectivity index is 1.72. The molecule has 1 amide bonds. The largest absolute Gasteiger partial charge is 0.444 e. The SMILES string of the molecule is CC(C)(C)OC(=O)N1CCC2(CC1)Cc1c(Cl)cccc1C2=O. The average Bonchev–Trinajstić information content (AvgIpc) is 2.73. The Morgan fingerprint density at radius 2 is 1.91 bits per heavy atom. The van der Waals surface area contributed by atoms with Crippen molar-refractivity contribution in [2.24, 2.45) is 5.41 Å². The quantitative estimate of drug-likeness (QED) is 0.717. The lowest BCUT2D eigenvalue weighted by molar-refractivity contribution is 0.0114. The number of ketones is 1. The molecule has 1 heterocycles. The van der Waals surface area contributed by atoms with Gasteiger partial charge in [-0.05, 0) is 51.7 Å². The third-order valence-electron chi connectivity index (χ3n) is 4.73. The van der Waals surface area contributed by atoms with Crippen LogP contribution in [0.2, 0.25) is 5.02 Å². The minimum Gasteiger partial charge on any atom is -0.444 e. The number of fused-ring (bicyclic) bond motifs is 1. The van der Waals surface area contributed by atoms with Crippen LogP contribution in [0.15, 0.2) is 18.2 Å². The summed E-state index contributed by atoms with van der Waals surface area (Å²) in [6.45, 7) is 6.67. The lowest BCUT2D eigenvalue weighted by Crippen LogP contribution is -2.47. The van der Waals surface area contributed by atoms with Gasteiger partial charge in [-0.15, -0.1) is 0 Å². The number of Topliss-reactive ketones (excluding diaryl/α,β-unsaturated/α-hetero) is 1. The standard InChI is InChI=1S/C18H22ClNO3/c1-17(2,3)23-16(22)20-9-7-18(8-10-20)11-13-12(15(18)21)5-4-6-14(13)19/h4-6H,7-11H2,1-3H3. The molecule has 4 nitrogen and oxygen atoms in total. The van der Waals surface area contributed by atoms with E-state index >= 15 is 0 Å². The highest BCUT2D eigenvalue weighted by molar-refractivity contribution is 6.32. The Hall–Kier alpha value is -1.55. The summed E-state index contributed by atoms with van der Waals surface area (Å²) in [6.07, 6.45) is 1.71. The molecule has 3 rings (SSSR count). The first kappa shape index (κ1) is 16.3. The number of ether oxygens (including phenoxy) is 1. The number of benzene rings is 1. The lowest BCUT2D eigenvalue weighted by atomic mass is 9.75. The van der Waals surface area contributed by atoms with E-state index in [1.54, 1.807) is 4.90 Å². The molecule has 0 radical (unpaired) electrons. The van der Waals surface area contributed by atoms with Gasteiger partial charge in [0.2, 0.25) is 0 Å². The van der Waals surface area contributed by atoms with E-state index in [9.17, 15) is 9.59 Å². The highest BCUT2D eigenvalue weighted by Gasteiger charge is 2.48. The van der Waals surface area contributed by atoms with E-state index < -0.39 is 11.0 Å². The minimum absolute atomic E-state index is 0.179. The molecule has 1 aliphatic carbocycles. The van der Waals surface area contributed by atoms with Crippen LogP contribution in [-0.4, -0.2) is 35.5 Å². The van der Waals surface area contributed by atoms with Gasteiger partial charge in [-0.1, -0.05) is 23.7 Å². The molecule has 1 saturated heterocycles. The van der Waals surface area contributed by atoms with E-state index in [4.69, 9.17) is 16.3 Å². The zero-order chi connectivity index (χ0) is 16.8.